The van der Waals surface area contributed by atoms with Gasteiger partial charge in [-0.05, 0) is 37.0 Å². The molecule has 118 valence electrons. The highest BCUT2D eigenvalue weighted by Crippen LogP contribution is 2.14. The van der Waals surface area contributed by atoms with E-state index in [4.69, 9.17) is 5.11 Å². The van der Waals surface area contributed by atoms with Gasteiger partial charge in [-0.1, -0.05) is 19.9 Å². The second-order valence-corrected chi connectivity index (χ2v) is 5.03. The Bertz CT molecular complexity index is 462. The first-order valence-corrected chi connectivity index (χ1v) is 7.37. The summed E-state index contributed by atoms with van der Waals surface area (Å²) in [5.41, 5.74) is 0.593. The number of rotatable bonds is 8. The van der Waals surface area contributed by atoms with Gasteiger partial charge in [0.05, 0.1) is 6.61 Å². The fraction of sp³-hybridized carbons (Fsp3) is 0.562. The number of aliphatic hydroxyl groups is 1. The Morgan fingerprint density at radius 3 is 2.43 bits per heavy atom. The van der Waals surface area contributed by atoms with E-state index in [1.807, 2.05) is 13.8 Å². The lowest BCUT2D eigenvalue weighted by Crippen LogP contribution is -2.41. The molecule has 0 aliphatic carbocycles. The molecule has 21 heavy (non-hydrogen) atoms. The molecule has 0 fully saturated rings. The van der Waals surface area contributed by atoms with E-state index < -0.39 is 11.6 Å². The van der Waals surface area contributed by atoms with Crippen molar-refractivity contribution in [3.05, 3.63) is 35.4 Å². The van der Waals surface area contributed by atoms with Crippen LogP contribution in [0.25, 0.3) is 0 Å². The Morgan fingerprint density at radius 1 is 1.24 bits per heavy atom. The van der Waals surface area contributed by atoms with Gasteiger partial charge in [0, 0.05) is 19.0 Å². The average molecular weight is 299 g/mol. The molecular weight excluding hydrogens is 276 g/mol. The van der Waals surface area contributed by atoms with E-state index in [0.717, 1.165) is 25.0 Å². The normalized spacial score (nSPS) is 11.0. The molecule has 0 spiro atoms. The first-order valence-electron chi connectivity index (χ1n) is 7.37. The summed E-state index contributed by atoms with van der Waals surface area (Å²) in [6.07, 6.45) is 2.24. The van der Waals surface area contributed by atoms with Gasteiger partial charge in [0.1, 0.15) is 0 Å². The molecule has 0 aromatic heterocycles. The van der Waals surface area contributed by atoms with Gasteiger partial charge >= 0.3 is 0 Å². The van der Waals surface area contributed by atoms with Gasteiger partial charge in [-0.25, -0.2) is 8.78 Å². The molecule has 0 unspecified atom stereocenters. The molecule has 0 aliphatic rings. The molecule has 0 radical (unpaired) electrons. The number of aliphatic hydroxyl groups excluding tert-OH is 1. The Kier molecular flexibility index (Phi) is 7.29. The number of hydrogen-bond acceptors (Lipinski definition) is 2. The number of hydrogen-bond donors (Lipinski definition) is 1. The summed E-state index contributed by atoms with van der Waals surface area (Å²) in [5, 5.41) is 9.09. The molecule has 0 aliphatic heterocycles. The number of amides is 1. The van der Waals surface area contributed by atoms with Gasteiger partial charge in [0.2, 0.25) is 5.91 Å². The summed E-state index contributed by atoms with van der Waals surface area (Å²) in [5.74, 6) is -1.85. The van der Waals surface area contributed by atoms with Crippen molar-refractivity contribution in [2.24, 2.45) is 0 Å². The Labute approximate surface area is 124 Å². The standard InChI is InChI=1S/C16H23F2NO2/c1-3-13(4-2)19(9-10-20)16(21)8-6-12-5-7-14(17)15(18)11-12/h5,7,11,13,20H,3-4,6,8-10H2,1-2H3. The molecule has 1 amide bonds. The van der Waals surface area contributed by atoms with Crippen molar-refractivity contribution in [3.63, 3.8) is 0 Å². The van der Waals surface area contributed by atoms with E-state index in [1.54, 1.807) is 4.90 Å². The van der Waals surface area contributed by atoms with Crippen LogP contribution in [0.15, 0.2) is 18.2 Å². The van der Waals surface area contributed by atoms with E-state index in [9.17, 15) is 13.6 Å². The smallest absolute Gasteiger partial charge is 0.223 e. The fourth-order valence-electron chi connectivity index (χ4n) is 2.44. The van der Waals surface area contributed by atoms with E-state index in [0.29, 0.717) is 18.5 Å². The molecule has 1 rings (SSSR count). The minimum Gasteiger partial charge on any atom is -0.395 e. The monoisotopic (exact) mass is 299 g/mol. The summed E-state index contributed by atoms with van der Waals surface area (Å²) >= 11 is 0. The minimum absolute atomic E-state index is 0.0671. The van der Waals surface area contributed by atoms with Gasteiger partial charge in [0.25, 0.3) is 0 Å². The predicted molar refractivity (Wildman–Crippen MR) is 77.8 cm³/mol. The third-order valence-electron chi connectivity index (χ3n) is 3.66. The largest absolute Gasteiger partial charge is 0.395 e. The highest BCUT2D eigenvalue weighted by Gasteiger charge is 2.20. The van der Waals surface area contributed by atoms with Crippen LogP contribution in [0.1, 0.15) is 38.7 Å². The second-order valence-electron chi connectivity index (χ2n) is 5.03. The van der Waals surface area contributed by atoms with Crippen LogP contribution in [0, 0.1) is 11.6 Å². The van der Waals surface area contributed by atoms with E-state index in [1.165, 1.54) is 6.07 Å². The lowest BCUT2D eigenvalue weighted by Gasteiger charge is -2.30. The minimum atomic E-state index is -0.896. The van der Waals surface area contributed by atoms with Crippen LogP contribution in [-0.2, 0) is 11.2 Å². The van der Waals surface area contributed by atoms with Crippen LogP contribution in [0.2, 0.25) is 0 Å². The number of benzene rings is 1. The molecule has 1 aromatic rings. The highest BCUT2D eigenvalue weighted by atomic mass is 19.2. The fourth-order valence-corrected chi connectivity index (χ4v) is 2.44. The van der Waals surface area contributed by atoms with Crippen molar-refractivity contribution in [1.82, 2.24) is 4.90 Å². The molecule has 5 heteroatoms. The maximum absolute atomic E-state index is 13.1. The van der Waals surface area contributed by atoms with Crippen LogP contribution in [0.3, 0.4) is 0 Å². The Morgan fingerprint density at radius 2 is 1.90 bits per heavy atom. The quantitative estimate of drug-likeness (QED) is 0.802. The molecule has 0 saturated carbocycles. The molecule has 3 nitrogen and oxygen atoms in total. The third kappa shape index (κ3) is 5.08. The van der Waals surface area contributed by atoms with Gasteiger partial charge in [0.15, 0.2) is 11.6 Å². The zero-order chi connectivity index (χ0) is 15.8. The number of nitrogens with zero attached hydrogens (tertiary/aromatic N) is 1. The van der Waals surface area contributed by atoms with Crippen molar-refractivity contribution in [1.29, 1.82) is 0 Å². The van der Waals surface area contributed by atoms with E-state index in [-0.39, 0.29) is 25.0 Å². The first-order chi connectivity index (χ1) is 10.0. The molecule has 0 atom stereocenters. The predicted octanol–water partition coefficient (Wildman–Crippen LogP) is 2.91. The molecule has 0 saturated heterocycles. The number of aryl methyl sites for hydroxylation is 1. The molecule has 0 bridgehead atoms. The van der Waals surface area contributed by atoms with Crippen molar-refractivity contribution in [2.75, 3.05) is 13.2 Å². The second kappa shape index (κ2) is 8.72. The van der Waals surface area contributed by atoms with Gasteiger partial charge < -0.3 is 10.0 Å². The van der Waals surface area contributed by atoms with E-state index in [2.05, 4.69) is 0 Å². The van der Waals surface area contributed by atoms with Crippen molar-refractivity contribution in [2.45, 2.75) is 45.6 Å². The summed E-state index contributed by atoms with van der Waals surface area (Å²) in [6.45, 7) is 4.23. The highest BCUT2D eigenvalue weighted by molar-refractivity contribution is 5.76. The number of carbonyl (C=O) groups is 1. The van der Waals surface area contributed by atoms with Crippen LogP contribution in [0.4, 0.5) is 8.78 Å². The molecular formula is C16H23F2NO2. The molecule has 1 N–H and O–H groups in total. The first kappa shape index (κ1) is 17.6. The topological polar surface area (TPSA) is 40.5 Å². The van der Waals surface area contributed by atoms with Crippen molar-refractivity contribution < 1.29 is 18.7 Å². The number of carbonyl (C=O) groups excluding carboxylic acids is 1. The van der Waals surface area contributed by atoms with Crippen LogP contribution in [-0.4, -0.2) is 35.1 Å². The van der Waals surface area contributed by atoms with Gasteiger partial charge in [-0.3, -0.25) is 4.79 Å². The maximum Gasteiger partial charge on any atom is 0.223 e. The van der Waals surface area contributed by atoms with Crippen LogP contribution >= 0.6 is 0 Å². The van der Waals surface area contributed by atoms with Crippen LogP contribution < -0.4 is 0 Å². The van der Waals surface area contributed by atoms with Gasteiger partial charge in [-0.15, -0.1) is 0 Å². The summed E-state index contributed by atoms with van der Waals surface area (Å²) in [7, 11) is 0. The molecule has 1 aromatic carbocycles. The number of halogens is 2. The Balaban J connectivity index is 2.66. The summed E-state index contributed by atoms with van der Waals surface area (Å²) in [4.78, 5) is 13.9. The average Bonchev–Trinajstić information content (AvgIpc) is 2.48. The zero-order valence-electron chi connectivity index (χ0n) is 12.6. The zero-order valence-corrected chi connectivity index (χ0v) is 12.6. The Hall–Kier alpha value is -1.49. The maximum atomic E-state index is 13.1. The summed E-state index contributed by atoms with van der Waals surface area (Å²) < 4.78 is 26.0. The third-order valence-corrected chi connectivity index (χ3v) is 3.66. The lowest BCUT2D eigenvalue weighted by molar-refractivity contribution is -0.134. The van der Waals surface area contributed by atoms with Crippen LogP contribution in [0.5, 0.6) is 0 Å². The summed E-state index contributed by atoms with van der Waals surface area (Å²) in [6, 6.07) is 3.78. The van der Waals surface area contributed by atoms with Gasteiger partial charge in [-0.2, -0.15) is 0 Å². The molecule has 0 heterocycles. The van der Waals surface area contributed by atoms with E-state index >= 15 is 0 Å². The van der Waals surface area contributed by atoms with Crippen molar-refractivity contribution >= 4 is 5.91 Å². The lowest BCUT2D eigenvalue weighted by atomic mass is 10.1. The van der Waals surface area contributed by atoms with Crippen molar-refractivity contribution in [3.8, 4) is 0 Å². The SMILES string of the molecule is CCC(CC)N(CCO)C(=O)CCc1ccc(F)c(F)c1.